The molecule has 0 saturated carbocycles. The molecule has 23 heavy (non-hydrogen) atoms. The minimum Gasteiger partial charge on any atom is -0.633 e. The van der Waals surface area contributed by atoms with Crippen LogP contribution in [0.4, 0.5) is 0 Å². The van der Waals surface area contributed by atoms with Crippen LogP contribution in [0, 0.1) is 5.21 Å². The van der Waals surface area contributed by atoms with Gasteiger partial charge in [-0.05, 0) is 26.7 Å². The molecule has 0 aliphatic heterocycles. The number of quaternary nitrogens is 1. The normalized spacial score (nSPS) is 12.0. The van der Waals surface area contributed by atoms with E-state index in [-0.39, 0.29) is 4.65 Å². The number of hydrogen-bond donors (Lipinski definition) is 0. The molecule has 0 rings (SSSR count). The molecule has 0 aromatic rings. The number of unbranched alkanes of at least 4 members (excludes halogenated alkanes) is 14. The summed E-state index contributed by atoms with van der Waals surface area (Å²) in [5, 5.41) is 12.1. The SMILES string of the molecule is CCCCCCCCCCCCCCCCC[N+]([O-])(CC)CC. The van der Waals surface area contributed by atoms with Crippen molar-refractivity contribution < 1.29 is 4.65 Å². The second kappa shape index (κ2) is 16.8. The standard InChI is InChI=1S/C21H45NO/c1-4-7-8-9-10-11-12-13-14-15-16-17-18-19-20-21-22(23,5-2)6-3/h4-21H2,1-3H3. The third-order valence-electron chi connectivity index (χ3n) is 5.32. The minimum atomic E-state index is 0.0123. The predicted octanol–water partition coefficient (Wildman–Crippen LogP) is 7.21. The Hall–Kier alpha value is -0.0800. The van der Waals surface area contributed by atoms with Gasteiger partial charge in [-0.1, -0.05) is 90.4 Å². The highest BCUT2D eigenvalue weighted by Crippen LogP contribution is 2.14. The van der Waals surface area contributed by atoms with E-state index in [1.807, 2.05) is 13.8 Å². The first-order valence-corrected chi connectivity index (χ1v) is 10.8. The van der Waals surface area contributed by atoms with E-state index in [9.17, 15) is 5.21 Å². The van der Waals surface area contributed by atoms with Crippen molar-refractivity contribution in [2.45, 2.75) is 117 Å². The molecule has 0 aliphatic rings. The maximum Gasteiger partial charge on any atom is 0.0783 e. The van der Waals surface area contributed by atoms with Crippen LogP contribution in [0.1, 0.15) is 117 Å². The highest BCUT2D eigenvalue weighted by molar-refractivity contribution is 4.50. The zero-order valence-corrected chi connectivity index (χ0v) is 16.6. The van der Waals surface area contributed by atoms with E-state index < -0.39 is 0 Å². The summed E-state index contributed by atoms with van der Waals surface area (Å²) >= 11 is 0. The molecular weight excluding hydrogens is 282 g/mol. The van der Waals surface area contributed by atoms with Crippen molar-refractivity contribution >= 4 is 0 Å². The molecule has 0 aliphatic carbocycles. The summed E-state index contributed by atoms with van der Waals surface area (Å²) in [6, 6.07) is 0. The summed E-state index contributed by atoms with van der Waals surface area (Å²) < 4.78 is 0.0123. The lowest BCUT2D eigenvalue weighted by molar-refractivity contribution is -0.877. The van der Waals surface area contributed by atoms with E-state index >= 15 is 0 Å². The van der Waals surface area contributed by atoms with Gasteiger partial charge in [0.25, 0.3) is 0 Å². The monoisotopic (exact) mass is 327 g/mol. The van der Waals surface area contributed by atoms with Crippen LogP contribution < -0.4 is 0 Å². The van der Waals surface area contributed by atoms with Gasteiger partial charge < -0.3 is 9.85 Å². The third-order valence-corrected chi connectivity index (χ3v) is 5.32. The molecule has 2 heteroatoms. The molecule has 140 valence electrons. The largest absolute Gasteiger partial charge is 0.633 e. The molecule has 0 N–H and O–H groups in total. The first-order valence-electron chi connectivity index (χ1n) is 10.8. The summed E-state index contributed by atoms with van der Waals surface area (Å²) in [6.45, 7) is 8.60. The van der Waals surface area contributed by atoms with E-state index in [0.717, 1.165) is 26.1 Å². The Morgan fingerprint density at radius 1 is 0.478 bits per heavy atom. The van der Waals surface area contributed by atoms with E-state index in [1.54, 1.807) is 0 Å². The van der Waals surface area contributed by atoms with Crippen LogP contribution in [0.15, 0.2) is 0 Å². The zero-order valence-electron chi connectivity index (χ0n) is 16.6. The van der Waals surface area contributed by atoms with Gasteiger partial charge in [0, 0.05) is 0 Å². The molecule has 0 aromatic carbocycles. The van der Waals surface area contributed by atoms with Gasteiger partial charge in [-0.15, -0.1) is 0 Å². The fourth-order valence-corrected chi connectivity index (χ4v) is 3.31. The summed E-state index contributed by atoms with van der Waals surface area (Å²) in [5.74, 6) is 0. The van der Waals surface area contributed by atoms with Crippen molar-refractivity contribution in [1.82, 2.24) is 0 Å². The van der Waals surface area contributed by atoms with Crippen LogP contribution >= 0.6 is 0 Å². The van der Waals surface area contributed by atoms with Gasteiger partial charge in [0.05, 0.1) is 19.6 Å². The van der Waals surface area contributed by atoms with Gasteiger partial charge in [-0.3, -0.25) is 0 Å². The van der Waals surface area contributed by atoms with Gasteiger partial charge in [0.1, 0.15) is 0 Å². The average Bonchev–Trinajstić information content (AvgIpc) is 2.58. The molecule has 0 heterocycles. The predicted molar refractivity (Wildman–Crippen MR) is 105 cm³/mol. The van der Waals surface area contributed by atoms with Gasteiger partial charge in [0.15, 0.2) is 0 Å². The quantitative estimate of drug-likeness (QED) is 0.148. The lowest BCUT2D eigenvalue weighted by atomic mass is 10.0. The van der Waals surface area contributed by atoms with Crippen LogP contribution in [0.5, 0.6) is 0 Å². The Morgan fingerprint density at radius 3 is 1.09 bits per heavy atom. The van der Waals surface area contributed by atoms with Gasteiger partial charge in [-0.25, -0.2) is 0 Å². The van der Waals surface area contributed by atoms with E-state index in [1.165, 1.54) is 89.9 Å². The Bertz CT molecular complexity index is 226. The van der Waals surface area contributed by atoms with E-state index in [4.69, 9.17) is 0 Å². The average molecular weight is 328 g/mol. The first-order chi connectivity index (χ1) is 11.2. The maximum atomic E-state index is 12.1. The highest BCUT2D eigenvalue weighted by atomic mass is 16.5. The highest BCUT2D eigenvalue weighted by Gasteiger charge is 2.09. The number of hydroxylamine groups is 3. The van der Waals surface area contributed by atoms with Gasteiger partial charge >= 0.3 is 0 Å². The molecular formula is C21H45NO. The molecule has 0 aromatic heterocycles. The smallest absolute Gasteiger partial charge is 0.0783 e. The fraction of sp³-hybridized carbons (Fsp3) is 1.00. The molecule has 2 nitrogen and oxygen atoms in total. The Morgan fingerprint density at radius 2 is 0.783 bits per heavy atom. The van der Waals surface area contributed by atoms with Crippen molar-refractivity contribution in [3.05, 3.63) is 5.21 Å². The summed E-state index contributed by atoms with van der Waals surface area (Å²) in [6.07, 6.45) is 20.8. The Balaban J connectivity index is 3.14. The molecule has 0 amide bonds. The van der Waals surface area contributed by atoms with Crippen LogP contribution in [-0.2, 0) is 0 Å². The van der Waals surface area contributed by atoms with E-state index in [2.05, 4.69) is 6.92 Å². The third kappa shape index (κ3) is 15.2. The second-order valence-electron chi connectivity index (χ2n) is 7.36. The van der Waals surface area contributed by atoms with Crippen molar-refractivity contribution in [1.29, 1.82) is 0 Å². The van der Waals surface area contributed by atoms with Crippen molar-refractivity contribution in [3.8, 4) is 0 Å². The first kappa shape index (κ1) is 22.9. The van der Waals surface area contributed by atoms with Gasteiger partial charge in [-0.2, -0.15) is 0 Å². The summed E-state index contributed by atoms with van der Waals surface area (Å²) in [7, 11) is 0. The van der Waals surface area contributed by atoms with Crippen molar-refractivity contribution in [3.63, 3.8) is 0 Å². The molecule has 0 atom stereocenters. The lowest BCUT2D eigenvalue weighted by Crippen LogP contribution is -2.42. The van der Waals surface area contributed by atoms with Crippen LogP contribution in [0.2, 0.25) is 0 Å². The van der Waals surface area contributed by atoms with Crippen molar-refractivity contribution in [2.24, 2.45) is 0 Å². The maximum absolute atomic E-state index is 12.1. The Kier molecular flexibility index (Phi) is 16.7. The Labute approximate surface area is 147 Å². The molecule has 0 fully saturated rings. The second-order valence-corrected chi connectivity index (χ2v) is 7.36. The topological polar surface area (TPSA) is 23.1 Å². The molecule has 0 bridgehead atoms. The van der Waals surface area contributed by atoms with Gasteiger partial charge in [0.2, 0.25) is 0 Å². The number of rotatable bonds is 18. The fourth-order valence-electron chi connectivity index (χ4n) is 3.31. The molecule has 0 spiro atoms. The molecule has 0 radical (unpaired) electrons. The van der Waals surface area contributed by atoms with E-state index in [0.29, 0.717) is 0 Å². The van der Waals surface area contributed by atoms with Crippen molar-refractivity contribution in [2.75, 3.05) is 19.6 Å². The number of nitrogens with zero attached hydrogens (tertiary/aromatic N) is 1. The summed E-state index contributed by atoms with van der Waals surface area (Å²) in [5.41, 5.74) is 0. The van der Waals surface area contributed by atoms with Crippen LogP contribution in [0.3, 0.4) is 0 Å². The molecule has 0 unspecified atom stereocenters. The summed E-state index contributed by atoms with van der Waals surface area (Å²) in [4.78, 5) is 0. The lowest BCUT2D eigenvalue weighted by Gasteiger charge is -2.41. The van der Waals surface area contributed by atoms with Crippen LogP contribution in [-0.4, -0.2) is 24.3 Å². The molecule has 0 saturated heterocycles. The number of hydrogen-bond acceptors (Lipinski definition) is 1. The van der Waals surface area contributed by atoms with Crippen LogP contribution in [0.25, 0.3) is 0 Å². The minimum absolute atomic E-state index is 0.0123. The zero-order chi connectivity index (χ0) is 17.2.